The second-order valence-corrected chi connectivity index (χ2v) is 10.9. The van der Waals surface area contributed by atoms with Crippen molar-refractivity contribution in [1.82, 2.24) is 0 Å². The van der Waals surface area contributed by atoms with Gasteiger partial charge in [0.25, 0.3) is 11.6 Å². The van der Waals surface area contributed by atoms with Crippen LogP contribution in [0.3, 0.4) is 0 Å². The van der Waals surface area contributed by atoms with Crippen molar-refractivity contribution in [3.63, 3.8) is 0 Å². The van der Waals surface area contributed by atoms with Crippen LogP contribution in [-0.4, -0.2) is 19.2 Å². The Morgan fingerprint density at radius 1 is 1.03 bits per heavy atom. The molecule has 0 saturated carbocycles. The van der Waals surface area contributed by atoms with Crippen LogP contribution in [0.1, 0.15) is 11.1 Å². The van der Waals surface area contributed by atoms with Gasteiger partial charge in [0.15, 0.2) is 9.84 Å². The summed E-state index contributed by atoms with van der Waals surface area (Å²) in [5.41, 5.74) is 1.26. The molecule has 0 saturated heterocycles. The molecule has 11 heteroatoms. The highest BCUT2D eigenvalue weighted by molar-refractivity contribution is 8.04. The van der Waals surface area contributed by atoms with Crippen LogP contribution in [0.4, 0.5) is 11.4 Å². The van der Waals surface area contributed by atoms with E-state index in [0.29, 0.717) is 26.6 Å². The Morgan fingerprint density at radius 3 is 2.33 bits per heavy atom. The minimum atomic E-state index is -3.78. The van der Waals surface area contributed by atoms with E-state index in [4.69, 9.17) is 23.2 Å². The second kappa shape index (κ2) is 9.18. The number of nitro groups is 1. The number of rotatable bonds is 5. The monoisotopic (exact) mass is 520 g/mol. The maximum Gasteiger partial charge on any atom is 0.269 e. The van der Waals surface area contributed by atoms with Crippen LogP contribution in [0.5, 0.6) is 0 Å². The van der Waals surface area contributed by atoms with Gasteiger partial charge in [0.1, 0.15) is 0 Å². The number of anilines is 1. The average Bonchev–Trinajstić information content (AvgIpc) is 2.77. The molecular formula is C22H14Cl2N2O5S2. The Kier molecular flexibility index (Phi) is 6.49. The minimum Gasteiger partial charge on any atom is -0.320 e. The molecule has 3 aromatic rings. The Balaban J connectivity index is 1.59. The summed E-state index contributed by atoms with van der Waals surface area (Å²) in [5, 5.41) is 14.0. The Labute approximate surface area is 203 Å². The van der Waals surface area contributed by atoms with Gasteiger partial charge in [-0.2, -0.15) is 0 Å². The van der Waals surface area contributed by atoms with Crippen molar-refractivity contribution in [2.75, 3.05) is 5.32 Å². The molecule has 33 heavy (non-hydrogen) atoms. The van der Waals surface area contributed by atoms with Gasteiger partial charge in [-0.05, 0) is 54.1 Å². The normalized spacial score (nSPS) is 14.6. The van der Waals surface area contributed by atoms with Gasteiger partial charge in [-0.1, -0.05) is 41.0 Å². The molecule has 0 bridgehead atoms. The van der Waals surface area contributed by atoms with Crippen LogP contribution in [0.15, 0.2) is 75.4 Å². The van der Waals surface area contributed by atoms with Crippen molar-refractivity contribution in [3.05, 3.63) is 96.9 Å². The highest BCUT2D eigenvalue weighted by Gasteiger charge is 2.25. The van der Waals surface area contributed by atoms with Crippen LogP contribution < -0.4 is 5.32 Å². The lowest BCUT2D eigenvalue weighted by molar-refractivity contribution is -0.384. The van der Waals surface area contributed by atoms with Crippen LogP contribution >= 0.6 is 35.0 Å². The van der Waals surface area contributed by atoms with Crippen LogP contribution in [-0.2, 0) is 20.4 Å². The molecule has 1 amide bonds. The third kappa shape index (κ3) is 5.06. The van der Waals surface area contributed by atoms with Crippen molar-refractivity contribution in [2.24, 2.45) is 0 Å². The highest BCUT2D eigenvalue weighted by Crippen LogP contribution is 2.40. The summed E-state index contributed by atoms with van der Waals surface area (Å²) in [6.45, 7) is 0. The number of benzene rings is 3. The van der Waals surface area contributed by atoms with Gasteiger partial charge in [-0.15, -0.1) is 0 Å². The second-order valence-electron chi connectivity index (χ2n) is 7.03. The predicted octanol–water partition coefficient (Wildman–Crippen LogP) is 5.96. The first-order valence-corrected chi connectivity index (χ1v) is 12.6. The first kappa shape index (κ1) is 23.3. The van der Waals surface area contributed by atoms with Gasteiger partial charge < -0.3 is 5.32 Å². The molecule has 1 N–H and O–H groups in total. The SMILES string of the molecule is O=C1Nc2cc(S(=O)(=O)Cc3c(Cl)cccc3Cl)ccc2S/C1=C\c1ccc([N+](=O)[O-])cc1. The van der Waals surface area contributed by atoms with Crippen molar-refractivity contribution in [3.8, 4) is 0 Å². The van der Waals surface area contributed by atoms with Gasteiger partial charge in [-0.3, -0.25) is 14.9 Å². The van der Waals surface area contributed by atoms with Crippen molar-refractivity contribution < 1.29 is 18.1 Å². The summed E-state index contributed by atoms with van der Waals surface area (Å²) in [7, 11) is -3.78. The lowest BCUT2D eigenvalue weighted by Gasteiger charge is -2.19. The molecule has 1 aliphatic rings. The molecule has 0 unspecified atom stereocenters. The quantitative estimate of drug-likeness (QED) is 0.252. The van der Waals surface area contributed by atoms with E-state index in [2.05, 4.69) is 5.32 Å². The molecule has 0 aromatic heterocycles. The van der Waals surface area contributed by atoms with E-state index in [-0.39, 0.29) is 26.4 Å². The fraction of sp³-hybridized carbons (Fsp3) is 0.0455. The number of halogens is 2. The molecule has 1 heterocycles. The molecule has 0 spiro atoms. The fourth-order valence-electron chi connectivity index (χ4n) is 3.12. The van der Waals surface area contributed by atoms with Crippen molar-refractivity contribution in [2.45, 2.75) is 15.5 Å². The van der Waals surface area contributed by atoms with Gasteiger partial charge >= 0.3 is 0 Å². The average molecular weight is 521 g/mol. The summed E-state index contributed by atoms with van der Waals surface area (Å²) >= 11 is 13.4. The summed E-state index contributed by atoms with van der Waals surface area (Å²) in [6.07, 6.45) is 1.61. The third-order valence-electron chi connectivity index (χ3n) is 4.80. The maximum atomic E-state index is 13.0. The highest BCUT2D eigenvalue weighted by atomic mass is 35.5. The summed E-state index contributed by atoms with van der Waals surface area (Å²) in [5.74, 6) is -0.786. The maximum absolute atomic E-state index is 13.0. The Hall–Kier alpha value is -2.85. The number of fused-ring (bicyclic) bond motifs is 1. The zero-order chi connectivity index (χ0) is 23.8. The molecule has 3 aromatic carbocycles. The zero-order valence-corrected chi connectivity index (χ0v) is 19.8. The van der Waals surface area contributed by atoms with E-state index in [1.165, 1.54) is 36.0 Å². The number of sulfone groups is 1. The van der Waals surface area contributed by atoms with Gasteiger partial charge in [0.2, 0.25) is 0 Å². The molecule has 1 aliphatic heterocycles. The molecule has 0 atom stereocenters. The molecular weight excluding hydrogens is 507 g/mol. The summed E-state index contributed by atoms with van der Waals surface area (Å²) in [4.78, 5) is 23.9. The number of amides is 1. The number of non-ortho nitro benzene ring substituents is 1. The van der Waals surface area contributed by atoms with E-state index in [1.807, 2.05) is 0 Å². The molecule has 4 rings (SSSR count). The molecule has 168 valence electrons. The summed E-state index contributed by atoms with van der Waals surface area (Å²) in [6, 6.07) is 15.1. The van der Waals surface area contributed by atoms with Crippen molar-refractivity contribution in [1.29, 1.82) is 0 Å². The molecule has 7 nitrogen and oxygen atoms in total. The first-order chi connectivity index (χ1) is 15.6. The number of thioether (sulfide) groups is 1. The Bertz CT molecular complexity index is 1400. The number of nitrogens with zero attached hydrogens (tertiary/aromatic N) is 1. The van der Waals surface area contributed by atoms with E-state index in [0.717, 1.165) is 0 Å². The minimum absolute atomic E-state index is 0.0286. The standard InChI is InChI=1S/C22H14Cl2N2O5S2/c23-17-2-1-3-18(24)16(17)12-33(30,31)15-8-9-20-19(11-15)25-22(27)21(32-20)10-13-4-6-14(7-5-13)26(28)29/h1-11H,12H2,(H,25,27)/b21-10-. The fourth-order valence-corrected chi connectivity index (χ4v) is 6.17. The summed E-state index contributed by atoms with van der Waals surface area (Å²) < 4.78 is 25.9. The lowest BCUT2D eigenvalue weighted by atomic mass is 10.2. The molecule has 0 fully saturated rings. The topological polar surface area (TPSA) is 106 Å². The van der Waals surface area contributed by atoms with Gasteiger partial charge in [0, 0.05) is 32.6 Å². The first-order valence-electron chi connectivity index (χ1n) is 9.39. The van der Waals surface area contributed by atoms with Crippen LogP contribution in [0.2, 0.25) is 10.0 Å². The van der Waals surface area contributed by atoms with Gasteiger partial charge in [-0.25, -0.2) is 8.42 Å². The third-order valence-corrected chi connectivity index (χ3v) is 8.25. The van der Waals surface area contributed by atoms with E-state index >= 15 is 0 Å². The zero-order valence-electron chi connectivity index (χ0n) is 16.6. The van der Waals surface area contributed by atoms with Crippen molar-refractivity contribution >= 4 is 68.2 Å². The molecule has 0 aliphatic carbocycles. The van der Waals surface area contributed by atoms with Crippen LogP contribution in [0, 0.1) is 10.1 Å². The number of nitrogens with one attached hydrogen (secondary N) is 1. The number of nitro benzene ring substituents is 1. The predicted molar refractivity (Wildman–Crippen MR) is 129 cm³/mol. The molecule has 0 radical (unpaired) electrons. The smallest absolute Gasteiger partial charge is 0.269 e. The lowest BCUT2D eigenvalue weighted by Crippen LogP contribution is -2.18. The van der Waals surface area contributed by atoms with E-state index < -0.39 is 20.7 Å². The van der Waals surface area contributed by atoms with Gasteiger partial charge in [0.05, 0.1) is 26.2 Å². The van der Waals surface area contributed by atoms with E-state index in [9.17, 15) is 23.3 Å². The largest absolute Gasteiger partial charge is 0.320 e. The number of hydrogen-bond acceptors (Lipinski definition) is 6. The number of hydrogen-bond donors (Lipinski definition) is 1. The van der Waals surface area contributed by atoms with E-state index in [1.54, 1.807) is 42.5 Å². The number of carbonyl (C=O) groups excluding carboxylic acids is 1. The number of carbonyl (C=O) groups is 1. The van der Waals surface area contributed by atoms with Crippen LogP contribution in [0.25, 0.3) is 6.08 Å². The Morgan fingerprint density at radius 2 is 1.70 bits per heavy atom.